The van der Waals surface area contributed by atoms with Crippen molar-refractivity contribution in [1.82, 2.24) is 0 Å². The summed E-state index contributed by atoms with van der Waals surface area (Å²) in [6, 6.07) is 6.97. The van der Waals surface area contributed by atoms with E-state index in [0.29, 0.717) is 17.7 Å². The molecule has 0 aliphatic carbocycles. The van der Waals surface area contributed by atoms with Gasteiger partial charge in [-0.15, -0.1) is 0 Å². The van der Waals surface area contributed by atoms with E-state index in [2.05, 4.69) is 0 Å². The van der Waals surface area contributed by atoms with Crippen LogP contribution in [-0.4, -0.2) is 22.9 Å². The van der Waals surface area contributed by atoms with Gasteiger partial charge in [-0.25, -0.2) is 4.90 Å². The number of carboxylic acid groups (broad SMARTS) is 1. The lowest BCUT2D eigenvalue weighted by Crippen LogP contribution is -2.31. The van der Waals surface area contributed by atoms with Crippen LogP contribution in [0.3, 0.4) is 0 Å². The number of rotatable bonds is 4. The summed E-state index contributed by atoms with van der Waals surface area (Å²) in [6.45, 7) is 3.48. The van der Waals surface area contributed by atoms with Crippen molar-refractivity contribution >= 4 is 23.5 Å². The van der Waals surface area contributed by atoms with Gasteiger partial charge in [0.15, 0.2) is 0 Å². The Labute approximate surface area is 117 Å². The van der Waals surface area contributed by atoms with Crippen LogP contribution in [0.5, 0.6) is 0 Å². The number of amides is 2. The van der Waals surface area contributed by atoms with Gasteiger partial charge in [-0.1, -0.05) is 32.0 Å². The Morgan fingerprint density at radius 1 is 1.15 bits per heavy atom. The molecule has 20 heavy (non-hydrogen) atoms. The SMILES string of the molecule is CC1C(=O)N(c2ccccc2CCC(=O)O)C(=O)C1C. The Kier molecular flexibility index (Phi) is 3.88. The highest BCUT2D eigenvalue weighted by Gasteiger charge is 2.43. The van der Waals surface area contributed by atoms with Gasteiger partial charge in [-0.2, -0.15) is 0 Å². The maximum absolute atomic E-state index is 12.2. The fourth-order valence-electron chi connectivity index (χ4n) is 2.36. The normalized spacial score (nSPS) is 22.4. The van der Waals surface area contributed by atoms with E-state index in [0.717, 1.165) is 0 Å². The molecule has 1 fully saturated rings. The zero-order valence-corrected chi connectivity index (χ0v) is 11.5. The van der Waals surface area contributed by atoms with Crippen LogP contribution in [0, 0.1) is 11.8 Å². The van der Waals surface area contributed by atoms with Crippen molar-refractivity contribution in [2.75, 3.05) is 4.90 Å². The molecule has 2 rings (SSSR count). The first kappa shape index (κ1) is 14.2. The molecule has 1 aliphatic rings. The van der Waals surface area contributed by atoms with Gasteiger partial charge in [0, 0.05) is 18.3 Å². The summed E-state index contributed by atoms with van der Waals surface area (Å²) in [6.07, 6.45) is 0.268. The minimum atomic E-state index is -0.902. The number of anilines is 1. The molecule has 0 saturated carbocycles. The molecule has 106 valence electrons. The molecule has 2 unspecified atom stereocenters. The zero-order chi connectivity index (χ0) is 14.9. The number of para-hydroxylation sites is 1. The number of aliphatic carboxylic acids is 1. The number of carbonyl (C=O) groups is 3. The van der Waals surface area contributed by atoms with Crippen molar-refractivity contribution in [3.05, 3.63) is 29.8 Å². The Balaban J connectivity index is 2.35. The van der Waals surface area contributed by atoms with Crippen molar-refractivity contribution in [2.45, 2.75) is 26.7 Å². The maximum atomic E-state index is 12.2. The number of aryl methyl sites for hydroxylation is 1. The van der Waals surface area contributed by atoms with Crippen LogP contribution >= 0.6 is 0 Å². The molecule has 1 aliphatic heterocycles. The first-order valence-corrected chi connectivity index (χ1v) is 6.61. The second-order valence-corrected chi connectivity index (χ2v) is 5.11. The molecule has 0 radical (unpaired) electrons. The summed E-state index contributed by atoms with van der Waals surface area (Å²) < 4.78 is 0. The summed E-state index contributed by atoms with van der Waals surface area (Å²) in [5.41, 5.74) is 1.22. The predicted molar refractivity (Wildman–Crippen MR) is 73.2 cm³/mol. The number of hydrogen-bond acceptors (Lipinski definition) is 3. The molecule has 1 saturated heterocycles. The number of benzene rings is 1. The van der Waals surface area contributed by atoms with E-state index < -0.39 is 5.97 Å². The molecule has 2 atom stereocenters. The summed E-state index contributed by atoms with van der Waals surface area (Å²) in [7, 11) is 0. The standard InChI is InChI=1S/C15H17NO4/c1-9-10(2)15(20)16(14(9)19)12-6-4-3-5-11(12)7-8-13(17)18/h3-6,9-10H,7-8H2,1-2H3,(H,17,18). The third kappa shape index (κ3) is 2.43. The molecule has 2 amide bonds. The van der Waals surface area contributed by atoms with E-state index in [-0.39, 0.29) is 30.1 Å². The van der Waals surface area contributed by atoms with Gasteiger partial charge in [0.1, 0.15) is 0 Å². The van der Waals surface area contributed by atoms with Gasteiger partial charge in [-0.05, 0) is 18.1 Å². The lowest BCUT2D eigenvalue weighted by molar-refractivity contribution is -0.137. The van der Waals surface area contributed by atoms with Gasteiger partial charge in [0.05, 0.1) is 5.69 Å². The van der Waals surface area contributed by atoms with Gasteiger partial charge < -0.3 is 5.11 Å². The minimum Gasteiger partial charge on any atom is -0.481 e. The summed E-state index contributed by atoms with van der Waals surface area (Å²) in [4.78, 5) is 36.3. The molecule has 1 aromatic carbocycles. The van der Waals surface area contributed by atoms with Crippen LogP contribution in [0.2, 0.25) is 0 Å². The number of carboxylic acids is 1. The second kappa shape index (κ2) is 5.45. The van der Waals surface area contributed by atoms with Crippen molar-refractivity contribution in [3.8, 4) is 0 Å². The van der Waals surface area contributed by atoms with Crippen LogP contribution in [0.4, 0.5) is 5.69 Å². The highest BCUT2D eigenvalue weighted by atomic mass is 16.4. The van der Waals surface area contributed by atoms with Crippen LogP contribution in [0.15, 0.2) is 24.3 Å². The average Bonchev–Trinajstić information content (AvgIpc) is 2.61. The zero-order valence-electron chi connectivity index (χ0n) is 11.5. The maximum Gasteiger partial charge on any atom is 0.303 e. The summed E-state index contributed by atoms with van der Waals surface area (Å²) in [5, 5.41) is 8.77. The second-order valence-electron chi connectivity index (χ2n) is 5.11. The average molecular weight is 275 g/mol. The molecular weight excluding hydrogens is 258 g/mol. The largest absolute Gasteiger partial charge is 0.481 e. The van der Waals surface area contributed by atoms with E-state index in [1.165, 1.54) is 4.90 Å². The monoisotopic (exact) mass is 275 g/mol. The number of imide groups is 1. The third-order valence-corrected chi connectivity index (χ3v) is 3.81. The number of hydrogen-bond donors (Lipinski definition) is 1. The Morgan fingerprint density at radius 3 is 2.25 bits per heavy atom. The Morgan fingerprint density at radius 2 is 1.70 bits per heavy atom. The molecule has 5 heteroatoms. The van der Waals surface area contributed by atoms with Gasteiger partial charge in [-0.3, -0.25) is 14.4 Å². The van der Waals surface area contributed by atoms with Crippen molar-refractivity contribution in [3.63, 3.8) is 0 Å². The third-order valence-electron chi connectivity index (χ3n) is 3.81. The quantitative estimate of drug-likeness (QED) is 0.851. The lowest BCUT2D eigenvalue weighted by atomic mass is 10.00. The first-order valence-electron chi connectivity index (χ1n) is 6.61. The number of nitrogens with zero attached hydrogens (tertiary/aromatic N) is 1. The molecule has 0 aromatic heterocycles. The van der Waals surface area contributed by atoms with Crippen molar-refractivity contribution in [2.24, 2.45) is 11.8 Å². The topological polar surface area (TPSA) is 74.7 Å². The molecule has 5 nitrogen and oxygen atoms in total. The molecular formula is C15H17NO4. The molecule has 0 bridgehead atoms. The Bertz CT molecular complexity index is 547. The summed E-state index contributed by atoms with van der Waals surface area (Å²) in [5.74, 6) is -2.01. The van der Waals surface area contributed by atoms with Gasteiger partial charge in [0.25, 0.3) is 0 Å². The van der Waals surface area contributed by atoms with E-state index in [1.54, 1.807) is 38.1 Å². The molecule has 1 aromatic rings. The van der Waals surface area contributed by atoms with Crippen LogP contribution in [-0.2, 0) is 20.8 Å². The van der Waals surface area contributed by atoms with E-state index in [9.17, 15) is 14.4 Å². The van der Waals surface area contributed by atoms with E-state index in [4.69, 9.17) is 5.11 Å². The fourth-order valence-corrected chi connectivity index (χ4v) is 2.36. The number of carbonyl (C=O) groups excluding carboxylic acids is 2. The fraction of sp³-hybridized carbons (Fsp3) is 0.400. The predicted octanol–water partition coefficient (Wildman–Crippen LogP) is 1.85. The summed E-state index contributed by atoms with van der Waals surface area (Å²) >= 11 is 0. The van der Waals surface area contributed by atoms with E-state index in [1.807, 2.05) is 0 Å². The van der Waals surface area contributed by atoms with Gasteiger partial charge >= 0.3 is 5.97 Å². The highest BCUT2D eigenvalue weighted by Crippen LogP contribution is 2.32. The minimum absolute atomic E-state index is 0.0294. The smallest absolute Gasteiger partial charge is 0.303 e. The van der Waals surface area contributed by atoms with Crippen molar-refractivity contribution in [1.29, 1.82) is 0 Å². The van der Waals surface area contributed by atoms with Gasteiger partial charge in [0.2, 0.25) is 11.8 Å². The molecule has 1 heterocycles. The lowest BCUT2D eigenvalue weighted by Gasteiger charge is -2.18. The first-order chi connectivity index (χ1) is 9.43. The van der Waals surface area contributed by atoms with Crippen LogP contribution in [0.1, 0.15) is 25.8 Å². The molecule has 0 spiro atoms. The van der Waals surface area contributed by atoms with Crippen LogP contribution in [0.25, 0.3) is 0 Å². The van der Waals surface area contributed by atoms with E-state index >= 15 is 0 Å². The van der Waals surface area contributed by atoms with Crippen LogP contribution < -0.4 is 4.90 Å². The molecule has 1 N–H and O–H groups in total. The Hall–Kier alpha value is -2.17. The highest BCUT2D eigenvalue weighted by molar-refractivity contribution is 6.22. The van der Waals surface area contributed by atoms with Crippen molar-refractivity contribution < 1.29 is 19.5 Å².